The summed E-state index contributed by atoms with van der Waals surface area (Å²) >= 11 is 6.55. The Bertz CT molecular complexity index is 1110. The second kappa shape index (κ2) is 6.41. The number of benzene rings is 1. The van der Waals surface area contributed by atoms with Crippen molar-refractivity contribution in [2.24, 2.45) is 0 Å². The van der Waals surface area contributed by atoms with E-state index in [0.29, 0.717) is 17.2 Å². The van der Waals surface area contributed by atoms with E-state index in [-0.39, 0.29) is 5.69 Å². The summed E-state index contributed by atoms with van der Waals surface area (Å²) < 4.78 is 1.77. The van der Waals surface area contributed by atoms with Crippen molar-refractivity contribution in [1.82, 2.24) is 19.5 Å². The van der Waals surface area contributed by atoms with Crippen LogP contribution in [0, 0.1) is 0 Å². The maximum absolute atomic E-state index is 12.5. The Hall–Kier alpha value is -2.53. The Morgan fingerprint density at radius 3 is 2.96 bits per heavy atom. The number of H-pyrrole nitrogens is 2. The van der Waals surface area contributed by atoms with E-state index < -0.39 is 0 Å². The Kier molecular flexibility index (Phi) is 4.09. The molecule has 3 heterocycles. The van der Waals surface area contributed by atoms with Crippen LogP contribution in [0.25, 0.3) is 33.2 Å². The number of rotatable bonds is 5. The molecule has 0 fully saturated rings. The molecule has 0 unspecified atom stereocenters. The molecule has 0 aliphatic rings. The number of hydrogen-bond donors (Lipinski definition) is 2. The topological polar surface area (TPSA) is 66.5 Å². The number of hydrogen-bond acceptors (Lipinski definition) is 2. The minimum Gasteiger partial charge on any atom is -0.361 e. The van der Waals surface area contributed by atoms with Crippen molar-refractivity contribution < 1.29 is 0 Å². The number of unbranched alkanes of at least 4 members (excludes halogenated alkanes) is 2. The van der Waals surface area contributed by atoms with Crippen LogP contribution < -0.4 is 5.69 Å². The van der Waals surface area contributed by atoms with Gasteiger partial charge in [0.1, 0.15) is 0 Å². The molecule has 3 aromatic heterocycles. The lowest BCUT2D eigenvalue weighted by atomic mass is 10.0. The van der Waals surface area contributed by atoms with E-state index in [0.717, 1.165) is 46.8 Å². The molecular weight excluding hydrogens is 336 g/mol. The number of nitrogens with one attached hydrogen (secondary N) is 2. The van der Waals surface area contributed by atoms with Crippen molar-refractivity contribution in [3.05, 3.63) is 52.2 Å². The Balaban J connectivity index is 2.01. The minimum atomic E-state index is -0.136. The lowest BCUT2D eigenvalue weighted by Crippen LogP contribution is -2.17. The third kappa shape index (κ3) is 2.65. The summed E-state index contributed by atoms with van der Waals surface area (Å²) in [7, 11) is 0. The average Bonchev–Trinajstić information content (AvgIpc) is 3.20. The Morgan fingerprint density at radius 2 is 2.12 bits per heavy atom. The van der Waals surface area contributed by atoms with Crippen molar-refractivity contribution in [3.63, 3.8) is 0 Å². The van der Waals surface area contributed by atoms with E-state index in [1.807, 2.05) is 30.5 Å². The van der Waals surface area contributed by atoms with Crippen LogP contribution in [-0.4, -0.2) is 19.5 Å². The second-order valence-corrected chi connectivity index (χ2v) is 6.62. The fourth-order valence-electron chi connectivity index (χ4n) is 3.40. The third-order valence-electron chi connectivity index (χ3n) is 4.60. The first-order valence-electron chi connectivity index (χ1n) is 8.54. The van der Waals surface area contributed by atoms with Gasteiger partial charge in [0, 0.05) is 35.4 Å². The van der Waals surface area contributed by atoms with Crippen LogP contribution in [0.1, 0.15) is 26.2 Å². The molecule has 0 bridgehead atoms. The van der Waals surface area contributed by atoms with Gasteiger partial charge in [-0.15, -0.1) is 0 Å². The third-order valence-corrected chi connectivity index (χ3v) is 4.88. The molecule has 5 nitrogen and oxygen atoms in total. The highest BCUT2D eigenvalue weighted by Gasteiger charge is 2.18. The first-order valence-corrected chi connectivity index (χ1v) is 8.92. The summed E-state index contributed by atoms with van der Waals surface area (Å²) in [5.74, 6) is 0. The highest BCUT2D eigenvalue weighted by atomic mass is 35.5. The van der Waals surface area contributed by atoms with Gasteiger partial charge in [0.25, 0.3) is 0 Å². The lowest BCUT2D eigenvalue weighted by molar-refractivity contribution is 0.601. The standard InChI is InChI=1S/C19H19ClN4O/c1-2-3-4-10-24-17-16(14(20)11-22-18(17)23-19(24)25)13-6-5-7-15-12(13)8-9-21-15/h5-9,11,21H,2-4,10H2,1H3,(H,22,23,25). The maximum Gasteiger partial charge on any atom is 0.327 e. The van der Waals surface area contributed by atoms with Crippen molar-refractivity contribution in [1.29, 1.82) is 0 Å². The van der Waals surface area contributed by atoms with Crippen molar-refractivity contribution in [2.75, 3.05) is 0 Å². The Labute approximate surface area is 149 Å². The summed E-state index contributed by atoms with van der Waals surface area (Å²) in [5.41, 5.74) is 4.11. The van der Waals surface area contributed by atoms with Crippen LogP contribution in [0.2, 0.25) is 5.02 Å². The maximum atomic E-state index is 12.5. The highest BCUT2D eigenvalue weighted by Crippen LogP contribution is 2.37. The molecule has 0 aliphatic carbocycles. The lowest BCUT2D eigenvalue weighted by Gasteiger charge is -2.11. The molecule has 0 aliphatic heterocycles. The van der Waals surface area contributed by atoms with Crippen LogP contribution >= 0.6 is 11.6 Å². The molecule has 0 saturated carbocycles. The van der Waals surface area contributed by atoms with Gasteiger partial charge < -0.3 is 4.98 Å². The highest BCUT2D eigenvalue weighted by molar-refractivity contribution is 6.35. The number of nitrogens with zero attached hydrogens (tertiary/aromatic N) is 2. The molecular formula is C19H19ClN4O. The number of aromatic nitrogens is 4. The molecule has 2 N–H and O–H groups in total. The largest absolute Gasteiger partial charge is 0.361 e. The average molecular weight is 355 g/mol. The first-order chi connectivity index (χ1) is 12.2. The predicted octanol–water partition coefficient (Wildman–Crippen LogP) is 4.72. The summed E-state index contributed by atoms with van der Waals surface area (Å²) in [4.78, 5) is 22.9. The van der Waals surface area contributed by atoms with E-state index in [9.17, 15) is 4.79 Å². The first kappa shape index (κ1) is 16.0. The van der Waals surface area contributed by atoms with E-state index in [1.54, 1.807) is 10.8 Å². The number of aromatic amines is 2. The minimum absolute atomic E-state index is 0.136. The number of fused-ring (bicyclic) bond motifs is 2. The number of imidazole rings is 1. The molecule has 4 rings (SSSR count). The smallest absolute Gasteiger partial charge is 0.327 e. The SMILES string of the molecule is CCCCCn1c(=O)[nH]c2ncc(Cl)c(-c3cccc4[nH]ccc34)c21. The molecule has 25 heavy (non-hydrogen) atoms. The zero-order chi connectivity index (χ0) is 17.4. The van der Waals surface area contributed by atoms with Gasteiger partial charge in [0.05, 0.1) is 10.5 Å². The van der Waals surface area contributed by atoms with Gasteiger partial charge in [-0.1, -0.05) is 43.5 Å². The van der Waals surface area contributed by atoms with E-state index >= 15 is 0 Å². The molecule has 6 heteroatoms. The summed E-state index contributed by atoms with van der Waals surface area (Å²) in [6.07, 6.45) is 6.65. The molecule has 0 amide bonds. The van der Waals surface area contributed by atoms with E-state index in [2.05, 4.69) is 21.9 Å². The number of pyridine rings is 1. The second-order valence-electron chi connectivity index (χ2n) is 6.21. The van der Waals surface area contributed by atoms with Gasteiger partial charge in [-0.25, -0.2) is 9.78 Å². The quantitative estimate of drug-likeness (QED) is 0.509. The van der Waals surface area contributed by atoms with Crippen LogP contribution in [0.4, 0.5) is 0 Å². The van der Waals surface area contributed by atoms with Gasteiger partial charge in [0.2, 0.25) is 0 Å². The fraction of sp³-hybridized carbons (Fsp3) is 0.263. The summed E-state index contributed by atoms with van der Waals surface area (Å²) in [6, 6.07) is 8.07. The van der Waals surface area contributed by atoms with E-state index in [4.69, 9.17) is 11.6 Å². The normalized spacial score (nSPS) is 11.6. The van der Waals surface area contributed by atoms with Crippen molar-refractivity contribution >= 4 is 33.7 Å². The number of aryl methyl sites for hydroxylation is 1. The zero-order valence-electron chi connectivity index (χ0n) is 14.0. The zero-order valence-corrected chi connectivity index (χ0v) is 14.7. The van der Waals surface area contributed by atoms with Gasteiger partial charge in [-0.3, -0.25) is 9.55 Å². The van der Waals surface area contributed by atoms with Gasteiger partial charge in [-0.2, -0.15) is 0 Å². The molecule has 1 aromatic carbocycles. The van der Waals surface area contributed by atoms with Crippen LogP contribution in [0.5, 0.6) is 0 Å². The van der Waals surface area contributed by atoms with Gasteiger partial charge >= 0.3 is 5.69 Å². The monoisotopic (exact) mass is 354 g/mol. The van der Waals surface area contributed by atoms with Crippen molar-refractivity contribution in [2.45, 2.75) is 32.7 Å². The molecule has 0 saturated heterocycles. The van der Waals surface area contributed by atoms with Gasteiger partial charge in [0.15, 0.2) is 5.65 Å². The van der Waals surface area contributed by atoms with E-state index in [1.165, 1.54) is 0 Å². The molecule has 0 spiro atoms. The molecule has 4 aromatic rings. The van der Waals surface area contributed by atoms with Gasteiger partial charge in [-0.05, 0) is 24.1 Å². The Morgan fingerprint density at radius 1 is 1.24 bits per heavy atom. The molecule has 128 valence electrons. The molecule has 0 atom stereocenters. The molecule has 0 radical (unpaired) electrons. The van der Waals surface area contributed by atoms with Crippen LogP contribution in [0.3, 0.4) is 0 Å². The summed E-state index contributed by atoms with van der Waals surface area (Å²) in [6.45, 7) is 2.80. The number of halogens is 1. The predicted molar refractivity (Wildman–Crippen MR) is 102 cm³/mol. The summed E-state index contributed by atoms with van der Waals surface area (Å²) in [5, 5.41) is 1.62. The van der Waals surface area contributed by atoms with Crippen LogP contribution in [-0.2, 0) is 6.54 Å². The van der Waals surface area contributed by atoms with Crippen LogP contribution in [0.15, 0.2) is 41.5 Å². The fourth-order valence-corrected chi connectivity index (χ4v) is 3.64. The van der Waals surface area contributed by atoms with Crippen molar-refractivity contribution in [3.8, 4) is 11.1 Å².